The van der Waals surface area contributed by atoms with E-state index < -0.39 is 12.0 Å². The monoisotopic (exact) mass is 207 g/mol. The van der Waals surface area contributed by atoms with Gasteiger partial charge < -0.3 is 10.4 Å². The normalized spacial score (nSPS) is 12.3. The number of hydrogen-bond donors (Lipinski definition) is 2. The summed E-state index contributed by atoms with van der Waals surface area (Å²) >= 11 is 0. The highest BCUT2D eigenvalue weighted by Gasteiger charge is 2.14. The van der Waals surface area contributed by atoms with Crippen LogP contribution in [0.4, 0.5) is 0 Å². The SMILES string of the molecule is CCN[C@@H](CCc1ccccc1)C(=O)O. The molecule has 0 saturated carbocycles. The van der Waals surface area contributed by atoms with Crippen LogP contribution in [0.15, 0.2) is 30.3 Å². The first-order chi connectivity index (χ1) is 7.24. The zero-order valence-electron chi connectivity index (χ0n) is 8.94. The number of likely N-dealkylation sites (N-methyl/N-ethyl adjacent to an activating group) is 1. The van der Waals surface area contributed by atoms with Crippen molar-refractivity contribution in [2.24, 2.45) is 0 Å². The van der Waals surface area contributed by atoms with Gasteiger partial charge in [0.15, 0.2) is 0 Å². The molecule has 0 aliphatic rings. The van der Waals surface area contributed by atoms with Crippen molar-refractivity contribution in [3.63, 3.8) is 0 Å². The van der Waals surface area contributed by atoms with E-state index in [1.807, 2.05) is 37.3 Å². The number of nitrogens with one attached hydrogen (secondary N) is 1. The van der Waals surface area contributed by atoms with Crippen LogP contribution in [0.25, 0.3) is 0 Å². The molecule has 3 nitrogen and oxygen atoms in total. The number of carbonyl (C=O) groups is 1. The van der Waals surface area contributed by atoms with Crippen LogP contribution in [0.2, 0.25) is 0 Å². The zero-order valence-corrected chi connectivity index (χ0v) is 8.94. The lowest BCUT2D eigenvalue weighted by atomic mass is 10.1. The summed E-state index contributed by atoms with van der Waals surface area (Å²) in [4.78, 5) is 10.8. The van der Waals surface area contributed by atoms with E-state index in [-0.39, 0.29) is 0 Å². The summed E-state index contributed by atoms with van der Waals surface area (Å²) in [5, 5.41) is 11.9. The van der Waals surface area contributed by atoms with Gasteiger partial charge in [-0.3, -0.25) is 4.79 Å². The molecular formula is C12H17NO2. The Labute approximate surface area is 90.1 Å². The second-order valence-corrected chi connectivity index (χ2v) is 3.47. The van der Waals surface area contributed by atoms with Crippen LogP contribution >= 0.6 is 0 Å². The molecule has 1 aromatic carbocycles. The number of aryl methyl sites for hydroxylation is 1. The molecule has 0 aliphatic heterocycles. The topological polar surface area (TPSA) is 49.3 Å². The van der Waals surface area contributed by atoms with Gasteiger partial charge in [0, 0.05) is 0 Å². The van der Waals surface area contributed by atoms with Crippen molar-refractivity contribution in [3.8, 4) is 0 Å². The molecule has 0 aromatic heterocycles. The maximum absolute atomic E-state index is 10.8. The lowest BCUT2D eigenvalue weighted by Crippen LogP contribution is -2.36. The first-order valence-corrected chi connectivity index (χ1v) is 5.24. The van der Waals surface area contributed by atoms with Gasteiger partial charge in [-0.2, -0.15) is 0 Å². The average molecular weight is 207 g/mol. The Morgan fingerprint density at radius 3 is 2.60 bits per heavy atom. The molecule has 3 heteroatoms. The fourth-order valence-electron chi connectivity index (χ4n) is 1.51. The predicted octanol–water partition coefficient (Wildman–Crippen LogP) is 1.68. The largest absolute Gasteiger partial charge is 0.480 e. The van der Waals surface area contributed by atoms with E-state index in [0.29, 0.717) is 13.0 Å². The Hall–Kier alpha value is -1.35. The van der Waals surface area contributed by atoms with Gasteiger partial charge in [0.2, 0.25) is 0 Å². The molecule has 0 unspecified atom stereocenters. The molecule has 0 radical (unpaired) electrons. The minimum Gasteiger partial charge on any atom is -0.480 e. The van der Waals surface area contributed by atoms with Crippen LogP contribution in [0.1, 0.15) is 18.9 Å². The van der Waals surface area contributed by atoms with Gasteiger partial charge in [0.05, 0.1) is 0 Å². The minimum atomic E-state index is -0.771. The molecule has 0 fully saturated rings. The molecule has 0 saturated heterocycles. The maximum atomic E-state index is 10.8. The van der Waals surface area contributed by atoms with Crippen molar-refractivity contribution in [3.05, 3.63) is 35.9 Å². The van der Waals surface area contributed by atoms with Crippen LogP contribution in [-0.2, 0) is 11.2 Å². The summed E-state index contributed by atoms with van der Waals surface area (Å²) in [6, 6.07) is 9.50. The van der Waals surface area contributed by atoms with Crippen molar-refractivity contribution in [1.82, 2.24) is 5.32 Å². The molecule has 0 amide bonds. The first kappa shape index (κ1) is 11.7. The van der Waals surface area contributed by atoms with Gasteiger partial charge in [-0.25, -0.2) is 0 Å². The smallest absolute Gasteiger partial charge is 0.320 e. The summed E-state index contributed by atoms with van der Waals surface area (Å²) in [5.41, 5.74) is 1.18. The number of aliphatic carboxylic acids is 1. The van der Waals surface area contributed by atoms with Gasteiger partial charge in [-0.1, -0.05) is 37.3 Å². The molecule has 15 heavy (non-hydrogen) atoms. The van der Waals surface area contributed by atoms with Gasteiger partial charge in [-0.15, -0.1) is 0 Å². The highest BCUT2D eigenvalue weighted by atomic mass is 16.4. The quantitative estimate of drug-likeness (QED) is 0.746. The third-order valence-electron chi connectivity index (χ3n) is 2.31. The van der Waals surface area contributed by atoms with E-state index in [1.165, 1.54) is 5.56 Å². The minimum absolute atomic E-state index is 0.435. The highest BCUT2D eigenvalue weighted by Crippen LogP contribution is 2.05. The van der Waals surface area contributed by atoms with Crippen molar-refractivity contribution >= 4 is 5.97 Å². The van der Waals surface area contributed by atoms with Gasteiger partial charge >= 0.3 is 5.97 Å². The number of carboxylic acid groups (broad SMARTS) is 1. The molecular weight excluding hydrogens is 190 g/mol. The van der Waals surface area contributed by atoms with Crippen LogP contribution in [-0.4, -0.2) is 23.7 Å². The molecule has 2 N–H and O–H groups in total. The Morgan fingerprint density at radius 2 is 2.07 bits per heavy atom. The number of hydrogen-bond acceptors (Lipinski definition) is 2. The number of benzene rings is 1. The lowest BCUT2D eigenvalue weighted by Gasteiger charge is -2.12. The third kappa shape index (κ3) is 4.13. The molecule has 1 aromatic rings. The Balaban J connectivity index is 2.43. The second-order valence-electron chi connectivity index (χ2n) is 3.47. The van der Waals surface area contributed by atoms with E-state index in [0.717, 1.165) is 6.42 Å². The Morgan fingerprint density at radius 1 is 1.40 bits per heavy atom. The fraction of sp³-hybridized carbons (Fsp3) is 0.417. The number of carboxylic acids is 1. The van der Waals surface area contributed by atoms with E-state index in [4.69, 9.17) is 5.11 Å². The van der Waals surface area contributed by atoms with Crippen LogP contribution < -0.4 is 5.32 Å². The fourth-order valence-corrected chi connectivity index (χ4v) is 1.51. The number of rotatable bonds is 6. The molecule has 1 atom stereocenters. The summed E-state index contributed by atoms with van der Waals surface area (Å²) in [5.74, 6) is -0.771. The van der Waals surface area contributed by atoms with Crippen LogP contribution in [0.3, 0.4) is 0 Å². The summed E-state index contributed by atoms with van der Waals surface area (Å²) < 4.78 is 0. The molecule has 0 spiro atoms. The molecule has 0 aliphatic carbocycles. The molecule has 0 heterocycles. The Bertz CT molecular complexity index is 298. The van der Waals surface area contributed by atoms with Crippen molar-refractivity contribution < 1.29 is 9.90 Å². The van der Waals surface area contributed by atoms with Crippen molar-refractivity contribution in [1.29, 1.82) is 0 Å². The van der Waals surface area contributed by atoms with E-state index >= 15 is 0 Å². The first-order valence-electron chi connectivity index (χ1n) is 5.24. The van der Waals surface area contributed by atoms with Gasteiger partial charge in [0.25, 0.3) is 0 Å². The molecule has 0 bridgehead atoms. The maximum Gasteiger partial charge on any atom is 0.320 e. The summed E-state index contributed by atoms with van der Waals surface area (Å²) in [7, 11) is 0. The second kappa shape index (κ2) is 6.19. The zero-order chi connectivity index (χ0) is 11.1. The highest BCUT2D eigenvalue weighted by molar-refractivity contribution is 5.73. The summed E-state index contributed by atoms with van der Waals surface area (Å²) in [6.45, 7) is 2.60. The standard InChI is InChI=1S/C12H17NO2/c1-2-13-11(12(14)15)9-8-10-6-4-3-5-7-10/h3-7,11,13H,2,8-9H2,1H3,(H,14,15)/t11-/m0/s1. The predicted molar refractivity (Wildman–Crippen MR) is 59.9 cm³/mol. The lowest BCUT2D eigenvalue weighted by molar-refractivity contribution is -0.139. The Kier molecular flexibility index (Phi) is 4.84. The van der Waals surface area contributed by atoms with Crippen molar-refractivity contribution in [2.45, 2.75) is 25.8 Å². The van der Waals surface area contributed by atoms with Crippen LogP contribution in [0.5, 0.6) is 0 Å². The average Bonchev–Trinajstić information content (AvgIpc) is 2.25. The molecule has 82 valence electrons. The molecule has 1 rings (SSSR count). The van der Waals surface area contributed by atoms with Crippen molar-refractivity contribution in [2.75, 3.05) is 6.54 Å². The van der Waals surface area contributed by atoms with Gasteiger partial charge in [0.1, 0.15) is 6.04 Å². The van der Waals surface area contributed by atoms with E-state index in [9.17, 15) is 4.79 Å². The van der Waals surface area contributed by atoms with Gasteiger partial charge in [-0.05, 0) is 24.9 Å². The summed E-state index contributed by atoms with van der Waals surface area (Å²) in [6.07, 6.45) is 1.43. The van der Waals surface area contributed by atoms with E-state index in [1.54, 1.807) is 0 Å². The van der Waals surface area contributed by atoms with Crippen LogP contribution in [0, 0.1) is 0 Å². The third-order valence-corrected chi connectivity index (χ3v) is 2.31. The van der Waals surface area contributed by atoms with E-state index in [2.05, 4.69) is 5.32 Å².